The van der Waals surface area contributed by atoms with E-state index in [-0.39, 0.29) is 11.6 Å². The number of nitrogens with one attached hydrogen (secondary N) is 1. The zero-order valence-corrected chi connectivity index (χ0v) is 8.15. The van der Waals surface area contributed by atoms with E-state index in [0.29, 0.717) is 0 Å². The van der Waals surface area contributed by atoms with Crippen molar-refractivity contribution < 1.29 is 22.3 Å². The molecule has 0 heterocycles. The van der Waals surface area contributed by atoms with Crippen molar-refractivity contribution in [1.82, 2.24) is 4.72 Å². The summed E-state index contributed by atoms with van der Waals surface area (Å²) in [5.41, 5.74) is 0. The summed E-state index contributed by atoms with van der Waals surface area (Å²) >= 11 is 5.13. The van der Waals surface area contributed by atoms with Crippen LogP contribution in [0, 0.1) is 0 Å². The minimum atomic E-state index is -3.64. The van der Waals surface area contributed by atoms with E-state index in [0.717, 1.165) is 0 Å². The predicted octanol–water partition coefficient (Wildman–Crippen LogP) is -0.229. The van der Waals surface area contributed by atoms with Crippen LogP contribution in [0.5, 0.6) is 0 Å². The fourth-order valence-corrected chi connectivity index (χ4v) is 1.86. The monoisotopic (exact) mass is 237 g/mol. The van der Waals surface area contributed by atoms with Crippen LogP contribution >= 0.6 is 11.6 Å². The molecule has 0 aromatic carbocycles. The van der Waals surface area contributed by atoms with Crippen LogP contribution in [0.1, 0.15) is 0 Å². The molecule has 8 heteroatoms. The summed E-state index contributed by atoms with van der Waals surface area (Å²) in [5.74, 6) is -0.482. The maximum absolute atomic E-state index is 11.7. The van der Waals surface area contributed by atoms with Gasteiger partial charge in [0.2, 0.25) is 10.0 Å². The lowest BCUT2D eigenvalue weighted by Crippen LogP contribution is -2.37. The van der Waals surface area contributed by atoms with Crippen molar-refractivity contribution >= 4 is 21.6 Å². The third-order valence-corrected chi connectivity index (χ3v) is 2.91. The second kappa shape index (κ2) is 5.69. The first kappa shape index (κ1) is 13.0. The summed E-state index contributed by atoms with van der Waals surface area (Å²) in [7, 11) is -3.64. The Morgan fingerprint density at radius 1 is 1.46 bits per heavy atom. The summed E-state index contributed by atoms with van der Waals surface area (Å²) in [6.07, 6.45) is -4.94. The molecule has 0 fully saturated rings. The van der Waals surface area contributed by atoms with Crippen molar-refractivity contribution in [2.45, 2.75) is 12.5 Å². The van der Waals surface area contributed by atoms with Gasteiger partial charge in [0.15, 0.2) is 0 Å². The zero-order valence-electron chi connectivity index (χ0n) is 6.58. The van der Waals surface area contributed by atoms with Crippen molar-refractivity contribution in [3.63, 3.8) is 0 Å². The van der Waals surface area contributed by atoms with Gasteiger partial charge in [-0.15, -0.1) is 11.6 Å². The molecule has 0 aliphatic rings. The van der Waals surface area contributed by atoms with Gasteiger partial charge in [-0.3, -0.25) is 0 Å². The van der Waals surface area contributed by atoms with E-state index in [1.165, 1.54) is 0 Å². The van der Waals surface area contributed by atoms with Crippen LogP contribution in [0.2, 0.25) is 0 Å². The molecule has 0 aromatic rings. The highest BCUT2D eigenvalue weighted by Crippen LogP contribution is 1.99. The van der Waals surface area contributed by atoms with Gasteiger partial charge >= 0.3 is 0 Å². The molecule has 0 amide bonds. The molecular weight excluding hydrogens is 228 g/mol. The lowest BCUT2D eigenvalue weighted by Gasteiger charge is -2.10. The Morgan fingerprint density at radius 2 is 2.00 bits per heavy atom. The van der Waals surface area contributed by atoms with Gasteiger partial charge in [-0.25, -0.2) is 21.9 Å². The third-order valence-electron chi connectivity index (χ3n) is 1.15. The van der Waals surface area contributed by atoms with Crippen molar-refractivity contribution in [2.24, 2.45) is 0 Å². The molecule has 0 saturated heterocycles. The Hall–Kier alpha value is 0.0200. The average molecular weight is 238 g/mol. The molecule has 0 aromatic heterocycles. The smallest absolute Gasteiger partial charge is 0.265 e. The van der Waals surface area contributed by atoms with Crippen LogP contribution in [0.25, 0.3) is 0 Å². The zero-order chi connectivity index (χ0) is 10.5. The van der Waals surface area contributed by atoms with Gasteiger partial charge in [0.25, 0.3) is 6.43 Å². The van der Waals surface area contributed by atoms with E-state index in [2.05, 4.69) is 0 Å². The Morgan fingerprint density at radius 3 is 2.38 bits per heavy atom. The lowest BCUT2D eigenvalue weighted by atomic mass is 10.4. The predicted molar refractivity (Wildman–Crippen MR) is 44.5 cm³/mol. The summed E-state index contributed by atoms with van der Waals surface area (Å²) < 4.78 is 46.8. The van der Waals surface area contributed by atoms with Crippen LogP contribution < -0.4 is 4.72 Å². The van der Waals surface area contributed by atoms with E-state index in [9.17, 15) is 17.2 Å². The minimum absolute atomic E-state index is 0.125. The average Bonchev–Trinajstić information content (AvgIpc) is 2.00. The highest BCUT2D eigenvalue weighted by Gasteiger charge is 2.19. The summed E-state index contributed by atoms with van der Waals surface area (Å²) in [6, 6.07) is 0. The molecule has 0 radical (unpaired) electrons. The SMILES string of the molecule is O=S(=O)(CCCl)NCC(O)C(F)F. The van der Waals surface area contributed by atoms with Gasteiger partial charge in [0, 0.05) is 12.4 Å². The van der Waals surface area contributed by atoms with Crippen LogP contribution in [0.4, 0.5) is 8.78 Å². The largest absolute Gasteiger partial charge is 0.386 e. The fourth-order valence-electron chi connectivity index (χ4n) is 0.475. The van der Waals surface area contributed by atoms with Gasteiger partial charge < -0.3 is 5.11 Å². The number of sulfonamides is 1. The fraction of sp³-hybridized carbons (Fsp3) is 1.00. The molecule has 1 atom stereocenters. The molecule has 0 saturated carbocycles. The molecular formula is C5H10ClF2NO3S. The molecule has 4 nitrogen and oxygen atoms in total. The first-order valence-corrected chi connectivity index (χ1v) is 5.57. The van der Waals surface area contributed by atoms with Gasteiger partial charge in [-0.1, -0.05) is 0 Å². The number of hydrogen-bond donors (Lipinski definition) is 2. The van der Waals surface area contributed by atoms with Gasteiger partial charge in [-0.05, 0) is 0 Å². The molecule has 13 heavy (non-hydrogen) atoms. The second-order valence-electron chi connectivity index (χ2n) is 2.26. The number of rotatable bonds is 6. The summed E-state index contributed by atoms with van der Waals surface area (Å²) in [6.45, 7) is -0.698. The van der Waals surface area contributed by atoms with Crippen LogP contribution in [0.3, 0.4) is 0 Å². The highest BCUT2D eigenvalue weighted by atomic mass is 35.5. The van der Waals surface area contributed by atoms with E-state index in [4.69, 9.17) is 16.7 Å². The third kappa shape index (κ3) is 6.14. The van der Waals surface area contributed by atoms with Crippen LogP contribution in [-0.2, 0) is 10.0 Å². The standard InChI is InChI=1S/C5H10ClF2NO3S/c6-1-2-13(11,12)9-3-4(10)5(7)8/h4-5,9-10H,1-3H2. The number of aliphatic hydroxyl groups is 1. The molecule has 0 bridgehead atoms. The van der Waals surface area contributed by atoms with E-state index in [1.54, 1.807) is 4.72 Å². The highest BCUT2D eigenvalue weighted by molar-refractivity contribution is 7.89. The number of hydrogen-bond acceptors (Lipinski definition) is 3. The minimum Gasteiger partial charge on any atom is -0.386 e. The van der Waals surface area contributed by atoms with Crippen LogP contribution in [-0.4, -0.2) is 44.2 Å². The number of alkyl halides is 3. The summed E-state index contributed by atoms with van der Waals surface area (Å²) in [4.78, 5) is 0. The Labute approximate surface area is 79.9 Å². The topological polar surface area (TPSA) is 66.4 Å². The first-order valence-electron chi connectivity index (χ1n) is 3.38. The molecule has 0 aliphatic heterocycles. The van der Waals surface area contributed by atoms with Gasteiger partial charge in [-0.2, -0.15) is 0 Å². The second-order valence-corrected chi connectivity index (χ2v) is 4.56. The number of halogens is 3. The van der Waals surface area contributed by atoms with Crippen molar-refractivity contribution in [2.75, 3.05) is 18.2 Å². The Balaban J connectivity index is 3.88. The van der Waals surface area contributed by atoms with E-state index >= 15 is 0 Å². The first-order chi connectivity index (χ1) is 5.89. The molecule has 80 valence electrons. The van der Waals surface area contributed by atoms with E-state index in [1.807, 2.05) is 0 Å². The van der Waals surface area contributed by atoms with Crippen LogP contribution in [0.15, 0.2) is 0 Å². The molecule has 0 aliphatic carbocycles. The normalized spacial score (nSPS) is 14.8. The number of aliphatic hydroxyl groups excluding tert-OH is 1. The Kier molecular flexibility index (Phi) is 5.70. The quantitative estimate of drug-likeness (QED) is 0.628. The Bertz CT molecular complexity index is 234. The van der Waals surface area contributed by atoms with Crippen molar-refractivity contribution in [3.8, 4) is 0 Å². The van der Waals surface area contributed by atoms with Crippen molar-refractivity contribution in [3.05, 3.63) is 0 Å². The molecule has 2 N–H and O–H groups in total. The van der Waals surface area contributed by atoms with Gasteiger partial charge in [0.1, 0.15) is 6.10 Å². The summed E-state index contributed by atoms with van der Waals surface area (Å²) in [5, 5.41) is 8.55. The van der Waals surface area contributed by atoms with Gasteiger partial charge in [0.05, 0.1) is 5.75 Å². The van der Waals surface area contributed by atoms with E-state index < -0.39 is 29.1 Å². The lowest BCUT2D eigenvalue weighted by molar-refractivity contribution is -0.000445. The van der Waals surface area contributed by atoms with Crippen molar-refractivity contribution in [1.29, 1.82) is 0 Å². The molecule has 0 rings (SSSR count). The maximum atomic E-state index is 11.7. The molecule has 1 unspecified atom stereocenters. The maximum Gasteiger partial charge on any atom is 0.265 e. The molecule has 0 spiro atoms.